The van der Waals surface area contributed by atoms with Crippen molar-refractivity contribution in [2.45, 2.75) is 0 Å². The van der Waals surface area contributed by atoms with E-state index in [1.165, 1.54) is 17.4 Å². The monoisotopic (exact) mass is 342 g/mol. The van der Waals surface area contributed by atoms with E-state index in [2.05, 4.69) is 15.8 Å². The van der Waals surface area contributed by atoms with Crippen molar-refractivity contribution in [2.75, 3.05) is 5.32 Å². The largest absolute Gasteiger partial charge is 0.478 e. The van der Waals surface area contributed by atoms with Crippen LogP contribution in [0.2, 0.25) is 0 Å². The average Bonchev–Trinajstić information content (AvgIpc) is 2.89. The van der Waals surface area contributed by atoms with Gasteiger partial charge in [0.2, 0.25) is 4.80 Å². The van der Waals surface area contributed by atoms with Crippen LogP contribution < -0.4 is 15.5 Å². The third-order valence-corrected chi connectivity index (χ3v) is 4.44. The van der Waals surface area contributed by atoms with Crippen molar-refractivity contribution < 1.29 is 14.7 Å². The molecule has 0 saturated carbocycles. The fraction of sp³-hybridized carbons (Fsp3) is 0.0625. The molecule has 2 amide bonds. The summed E-state index contributed by atoms with van der Waals surface area (Å²) in [6.07, 6.45) is 0. The summed E-state index contributed by atoms with van der Waals surface area (Å²) in [6.45, 7) is 0. The molecule has 8 heteroatoms. The van der Waals surface area contributed by atoms with E-state index in [1.54, 1.807) is 35.9 Å². The second kappa shape index (κ2) is 6.55. The van der Waals surface area contributed by atoms with E-state index >= 15 is 0 Å². The standard InChI is InChI=1S/C16H14N4O3S/c1-20-12-8-7-10(14(21)22)9-13(12)24-16(20)19-18-15(23)17-11-5-3-2-4-6-11/h2-9H,1H3,(H,21,22)(H2,17,18,23). The zero-order chi connectivity index (χ0) is 17.1. The van der Waals surface area contributed by atoms with E-state index in [-0.39, 0.29) is 5.56 Å². The van der Waals surface area contributed by atoms with Crippen LogP contribution in [0.3, 0.4) is 0 Å². The van der Waals surface area contributed by atoms with Gasteiger partial charge in [-0.2, -0.15) is 0 Å². The lowest BCUT2D eigenvalue weighted by Crippen LogP contribution is -2.27. The number of aryl methyl sites for hydroxylation is 1. The maximum atomic E-state index is 11.9. The number of thiazole rings is 1. The molecule has 0 aliphatic heterocycles. The lowest BCUT2D eigenvalue weighted by Gasteiger charge is -2.02. The van der Waals surface area contributed by atoms with Gasteiger partial charge in [-0.15, -0.1) is 5.10 Å². The molecule has 0 aliphatic carbocycles. The molecule has 1 aromatic heterocycles. The summed E-state index contributed by atoms with van der Waals surface area (Å²) in [5, 5.41) is 15.8. The highest BCUT2D eigenvalue weighted by atomic mass is 32.1. The number of hydrogen-bond donors (Lipinski definition) is 3. The molecule has 24 heavy (non-hydrogen) atoms. The molecule has 3 N–H and O–H groups in total. The predicted molar refractivity (Wildman–Crippen MR) is 91.9 cm³/mol. The molecular formula is C16H14N4O3S. The molecule has 0 unspecified atom stereocenters. The fourth-order valence-corrected chi connectivity index (χ4v) is 3.17. The number of carboxylic acids is 1. The van der Waals surface area contributed by atoms with E-state index in [0.717, 1.165) is 10.2 Å². The zero-order valence-corrected chi connectivity index (χ0v) is 13.5. The van der Waals surface area contributed by atoms with Crippen molar-refractivity contribution in [3.8, 4) is 0 Å². The lowest BCUT2D eigenvalue weighted by atomic mass is 10.2. The van der Waals surface area contributed by atoms with E-state index < -0.39 is 12.0 Å². The molecule has 3 aromatic rings. The number of anilines is 1. The first kappa shape index (κ1) is 15.8. The second-order valence-electron chi connectivity index (χ2n) is 4.98. The lowest BCUT2D eigenvalue weighted by molar-refractivity contribution is 0.0697. The minimum atomic E-state index is -0.980. The SMILES string of the molecule is Cn1c(=NNC(=O)Nc2ccccc2)sc2cc(C(=O)O)ccc21. The number of carbonyl (C=O) groups is 2. The Morgan fingerprint density at radius 3 is 2.62 bits per heavy atom. The van der Waals surface area contributed by atoms with Crippen LogP contribution in [0, 0.1) is 0 Å². The Kier molecular flexibility index (Phi) is 4.30. The number of hydrogen-bond acceptors (Lipinski definition) is 4. The first-order valence-corrected chi connectivity index (χ1v) is 7.85. The number of fused-ring (bicyclic) bond motifs is 1. The van der Waals surface area contributed by atoms with E-state index in [4.69, 9.17) is 5.11 Å². The van der Waals surface area contributed by atoms with Crippen LogP contribution in [0.5, 0.6) is 0 Å². The van der Waals surface area contributed by atoms with Gasteiger partial charge < -0.3 is 15.0 Å². The quantitative estimate of drug-likeness (QED) is 0.638. The topological polar surface area (TPSA) is 95.7 Å². The van der Waals surface area contributed by atoms with Crippen molar-refractivity contribution in [1.82, 2.24) is 9.99 Å². The van der Waals surface area contributed by atoms with Crippen LogP contribution in [0.4, 0.5) is 10.5 Å². The van der Waals surface area contributed by atoms with Gasteiger partial charge in [0.05, 0.1) is 15.8 Å². The molecule has 2 aromatic carbocycles. The molecule has 0 aliphatic rings. The first-order chi connectivity index (χ1) is 11.5. The van der Waals surface area contributed by atoms with Crippen LogP contribution in [-0.4, -0.2) is 21.7 Å². The van der Waals surface area contributed by atoms with Gasteiger partial charge in [0.15, 0.2) is 0 Å². The summed E-state index contributed by atoms with van der Waals surface area (Å²) in [7, 11) is 1.80. The van der Waals surface area contributed by atoms with Gasteiger partial charge in [-0.05, 0) is 30.3 Å². The summed E-state index contributed by atoms with van der Waals surface area (Å²) in [6, 6.07) is 13.4. The number of carbonyl (C=O) groups excluding carboxylic acids is 1. The third kappa shape index (κ3) is 3.28. The summed E-state index contributed by atoms with van der Waals surface area (Å²) in [5.74, 6) is -0.980. The molecule has 0 bridgehead atoms. The van der Waals surface area contributed by atoms with Crippen molar-refractivity contribution >= 4 is 39.2 Å². The molecule has 0 radical (unpaired) electrons. The van der Waals surface area contributed by atoms with Crippen LogP contribution >= 0.6 is 11.3 Å². The number of amides is 2. The van der Waals surface area contributed by atoms with Crippen molar-refractivity contribution in [1.29, 1.82) is 0 Å². The number of aromatic nitrogens is 1. The zero-order valence-electron chi connectivity index (χ0n) is 12.7. The highest BCUT2D eigenvalue weighted by Gasteiger charge is 2.08. The number of carboxylic acid groups (broad SMARTS) is 1. The molecule has 1 heterocycles. The van der Waals surface area contributed by atoms with Gasteiger partial charge >= 0.3 is 12.0 Å². The Labute approximate surface area is 140 Å². The number of nitrogens with one attached hydrogen (secondary N) is 2. The van der Waals surface area contributed by atoms with Crippen LogP contribution in [-0.2, 0) is 7.05 Å². The summed E-state index contributed by atoms with van der Waals surface area (Å²) in [5.41, 5.74) is 4.15. The molecule has 122 valence electrons. The van der Waals surface area contributed by atoms with Crippen LogP contribution in [0.25, 0.3) is 10.2 Å². The van der Waals surface area contributed by atoms with Crippen LogP contribution in [0.15, 0.2) is 53.6 Å². The van der Waals surface area contributed by atoms with Gasteiger partial charge in [-0.3, -0.25) is 0 Å². The number of para-hydroxylation sites is 1. The van der Waals surface area contributed by atoms with Gasteiger partial charge in [-0.25, -0.2) is 15.0 Å². The Morgan fingerprint density at radius 1 is 1.17 bits per heavy atom. The summed E-state index contributed by atoms with van der Waals surface area (Å²) >= 11 is 1.29. The summed E-state index contributed by atoms with van der Waals surface area (Å²) < 4.78 is 2.57. The Hall–Kier alpha value is -3.13. The highest BCUT2D eigenvalue weighted by Crippen LogP contribution is 2.18. The minimum absolute atomic E-state index is 0.214. The molecule has 0 fully saturated rings. The maximum Gasteiger partial charge on any atom is 0.339 e. The van der Waals surface area contributed by atoms with Gasteiger partial charge in [0.1, 0.15) is 0 Å². The third-order valence-electron chi connectivity index (χ3n) is 3.34. The van der Waals surface area contributed by atoms with Gasteiger partial charge in [0, 0.05) is 12.7 Å². The minimum Gasteiger partial charge on any atom is -0.478 e. The highest BCUT2D eigenvalue weighted by molar-refractivity contribution is 7.16. The number of nitrogens with zero attached hydrogens (tertiary/aromatic N) is 2. The average molecular weight is 342 g/mol. The van der Waals surface area contributed by atoms with Crippen molar-refractivity contribution in [2.24, 2.45) is 12.1 Å². The number of benzene rings is 2. The Morgan fingerprint density at radius 2 is 1.92 bits per heavy atom. The van der Waals surface area contributed by atoms with Gasteiger partial charge in [0.25, 0.3) is 0 Å². The van der Waals surface area contributed by atoms with Crippen LogP contribution in [0.1, 0.15) is 10.4 Å². The van der Waals surface area contributed by atoms with E-state index in [9.17, 15) is 9.59 Å². The Bertz CT molecular complexity index is 976. The van der Waals surface area contributed by atoms with Crippen molar-refractivity contribution in [3.05, 3.63) is 58.9 Å². The van der Waals surface area contributed by atoms with Crippen molar-refractivity contribution in [3.63, 3.8) is 0 Å². The molecule has 7 nitrogen and oxygen atoms in total. The smallest absolute Gasteiger partial charge is 0.339 e. The van der Waals surface area contributed by atoms with E-state index in [0.29, 0.717) is 10.5 Å². The predicted octanol–water partition coefficient (Wildman–Crippen LogP) is 2.58. The molecule has 0 atom stereocenters. The molecule has 0 saturated heterocycles. The normalized spacial score (nSPS) is 11.5. The van der Waals surface area contributed by atoms with E-state index in [1.807, 2.05) is 18.2 Å². The fourth-order valence-electron chi connectivity index (χ4n) is 2.15. The molecule has 3 rings (SSSR count). The first-order valence-electron chi connectivity index (χ1n) is 7.03. The number of rotatable bonds is 3. The van der Waals surface area contributed by atoms with Gasteiger partial charge in [-0.1, -0.05) is 29.5 Å². The summed E-state index contributed by atoms with van der Waals surface area (Å²) in [4.78, 5) is 23.4. The molecular weight excluding hydrogens is 328 g/mol. The maximum absolute atomic E-state index is 11.9. The number of urea groups is 1. The number of aromatic carboxylic acids is 1. The Balaban J connectivity index is 1.83. The second-order valence-corrected chi connectivity index (χ2v) is 5.98. The molecule has 0 spiro atoms.